The van der Waals surface area contributed by atoms with E-state index in [1.807, 2.05) is 90.5 Å². The normalized spacial score (nSPS) is 11.9. The Morgan fingerprint density at radius 1 is 0.939 bits per heavy atom. The molecule has 6 nitrogen and oxygen atoms in total. The molecule has 1 unspecified atom stereocenters. The number of hydrogen-bond donors (Lipinski definition) is 2. The summed E-state index contributed by atoms with van der Waals surface area (Å²) in [4.78, 5) is 22.6. The van der Waals surface area contributed by atoms with Crippen LogP contribution in [0.5, 0.6) is 5.75 Å². The van der Waals surface area contributed by atoms with Crippen LogP contribution in [-0.4, -0.2) is 25.5 Å². The molecule has 6 heteroatoms. The zero-order valence-corrected chi connectivity index (χ0v) is 18.0. The second kappa shape index (κ2) is 8.59. The summed E-state index contributed by atoms with van der Waals surface area (Å²) in [7, 11) is 1.89. The molecule has 2 heterocycles. The summed E-state index contributed by atoms with van der Waals surface area (Å²) in [5.74, 6) is -0.535. The average molecular weight is 434 g/mol. The molecular formula is C27H22N4O2. The Labute approximate surface area is 191 Å². The minimum atomic E-state index is -0.447. The molecule has 5 aromatic rings. The average Bonchev–Trinajstić information content (AvgIpc) is 3.28. The summed E-state index contributed by atoms with van der Waals surface area (Å²) in [5.41, 5.74) is 3.68. The van der Waals surface area contributed by atoms with Crippen LogP contribution in [-0.2, 0) is 7.05 Å². The van der Waals surface area contributed by atoms with Crippen molar-refractivity contribution in [1.29, 1.82) is 0 Å². The first-order valence-corrected chi connectivity index (χ1v) is 10.6. The van der Waals surface area contributed by atoms with Gasteiger partial charge in [-0.3, -0.25) is 4.79 Å². The van der Waals surface area contributed by atoms with Crippen LogP contribution in [0.2, 0.25) is 0 Å². The predicted octanol–water partition coefficient (Wildman–Crippen LogP) is 4.86. The van der Waals surface area contributed by atoms with Gasteiger partial charge in [0.15, 0.2) is 5.75 Å². The maximum absolute atomic E-state index is 13.7. The molecule has 33 heavy (non-hydrogen) atoms. The van der Waals surface area contributed by atoms with Gasteiger partial charge in [-0.15, -0.1) is 0 Å². The van der Waals surface area contributed by atoms with Gasteiger partial charge in [0.2, 0.25) is 0 Å². The van der Waals surface area contributed by atoms with Gasteiger partial charge in [0.1, 0.15) is 5.69 Å². The molecule has 2 aromatic heterocycles. The summed E-state index contributed by atoms with van der Waals surface area (Å²) in [6.07, 6.45) is 3.43. The van der Waals surface area contributed by atoms with Crippen LogP contribution in [0.4, 0.5) is 0 Å². The van der Waals surface area contributed by atoms with Crippen molar-refractivity contribution in [1.82, 2.24) is 19.9 Å². The quantitative estimate of drug-likeness (QED) is 0.414. The monoisotopic (exact) mass is 434 g/mol. The zero-order chi connectivity index (χ0) is 22.8. The van der Waals surface area contributed by atoms with E-state index in [1.54, 1.807) is 18.6 Å². The topological polar surface area (TPSA) is 80.0 Å². The highest BCUT2D eigenvalue weighted by atomic mass is 16.3. The van der Waals surface area contributed by atoms with Crippen LogP contribution in [0.1, 0.15) is 27.7 Å². The molecular weight excluding hydrogens is 412 g/mol. The number of hydrogen-bond acceptors (Lipinski definition) is 4. The van der Waals surface area contributed by atoms with Gasteiger partial charge in [-0.1, -0.05) is 78.9 Å². The Morgan fingerprint density at radius 2 is 1.61 bits per heavy atom. The number of nitrogens with one attached hydrogen (secondary N) is 1. The Bertz CT molecular complexity index is 1430. The second-order valence-corrected chi connectivity index (χ2v) is 7.81. The van der Waals surface area contributed by atoms with E-state index in [4.69, 9.17) is 0 Å². The van der Waals surface area contributed by atoms with Gasteiger partial charge in [-0.05, 0) is 11.6 Å². The van der Waals surface area contributed by atoms with E-state index in [2.05, 4.69) is 15.3 Å². The molecule has 0 saturated heterocycles. The fourth-order valence-corrected chi connectivity index (χ4v) is 4.05. The lowest BCUT2D eigenvalue weighted by Crippen LogP contribution is -2.31. The van der Waals surface area contributed by atoms with Crippen LogP contribution in [0, 0.1) is 0 Å². The van der Waals surface area contributed by atoms with Gasteiger partial charge in [0.05, 0.1) is 35.3 Å². The molecule has 1 atom stereocenters. The molecule has 0 radical (unpaired) electrons. The SMILES string of the molecule is Cn1cncc1C(NC(=O)c1c(O)c(-c2ccccc2)nc2ccccc12)c1ccccc1. The molecule has 1 amide bonds. The predicted molar refractivity (Wildman–Crippen MR) is 128 cm³/mol. The molecule has 2 N–H and O–H groups in total. The van der Waals surface area contributed by atoms with Crippen LogP contribution in [0.3, 0.4) is 0 Å². The lowest BCUT2D eigenvalue weighted by atomic mass is 10.00. The van der Waals surface area contributed by atoms with Gasteiger partial charge in [-0.25, -0.2) is 9.97 Å². The van der Waals surface area contributed by atoms with Gasteiger partial charge >= 0.3 is 0 Å². The summed E-state index contributed by atoms with van der Waals surface area (Å²) in [6, 6.07) is 26.0. The maximum Gasteiger partial charge on any atom is 0.256 e. The third-order valence-electron chi connectivity index (χ3n) is 5.70. The largest absolute Gasteiger partial charge is 0.505 e. The number of para-hydroxylation sites is 1. The molecule has 0 spiro atoms. The van der Waals surface area contributed by atoms with Crippen molar-refractivity contribution in [3.8, 4) is 17.0 Å². The van der Waals surface area contributed by atoms with E-state index in [1.165, 1.54) is 0 Å². The van der Waals surface area contributed by atoms with E-state index < -0.39 is 11.9 Å². The number of imidazole rings is 1. The highest BCUT2D eigenvalue weighted by molar-refractivity contribution is 6.10. The summed E-state index contributed by atoms with van der Waals surface area (Å²) in [5, 5.41) is 14.9. The van der Waals surface area contributed by atoms with E-state index in [0.717, 1.165) is 16.8 Å². The van der Waals surface area contributed by atoms with Gasteiger partial charge < -0.3 is 15.0 Å². The minimum Gasteiger partial charge on any atom is -0.505 e. The summed E-state index contributed by atoms with van der Waals surface area (Å²) in [6.45, 7) is 0. The number of rotatable bonds is 5. The van der Waals surface area contributed by atoms with E-state index in [-0.39, 0.29) is 11.3 Å². The number of amides is 1. The lowest BCUT2D eigenvalue weighted by Gasteiger charge is -2.21. The van der Waals surface area contributed by atoms with Crippen LogP contribution in [0.25, 0.3) is 22.2 Å². The smallest absolute Gasteiger partial charge is 0.256 e. The standard InChI is InChI=1S/C27H22N4O2/c1-31-17-28-16-22(31)24(18-10-4-2-5-11-18)30-27(33)23-20-14-8-9-15-21(20)29-25(26(23)32)19-12-6-3-7-13-19/h2-17,24,32H,1H3,(H,30,33). The van der Waals surface area contributed by atoms with E-state index >= 15 is 0 Å². The minimum absolute atomic E-state index is 0.144. The number of pyridine rings is 1. The first-order chi connectivity index (χ1) is 16.1. The Kier molecular flexibility index (Phi) is 5.32. The molecule has 3 aromatic carbocycles. The molecule has 0 fully saturated rings. The number of nitrogens with zero attached hydrogens (tertiary/aromatic N) is 3. The number of benzene rings is 3. The third kappa shape index (κ3) is 3.83. The van der Waals surface area contributed by atoms with E-state index in [0.29, 0.717) is 16.6 Å². The zero-order valence-electron chi connectivity index (χ0n) is 18.0. The number of aromatic hydroxyl groups is 1. The van der Waals surface area contributed by atoms with Crippen molar-refractivity contribution in [2.24, 2.45) is 7.05 Å². The Morgan fingerprint density at radius 3 is 2.30 bits per heavy atom. The highest BCUT2D eigenvalue weighted by Gasteiger charge is 2.25. The van der Waals surface area contributed by atoms with Gasteiger partial charge in [0, 0.05) is 18.0 Å². The van der Waals surface area contributed by atoms with Crippen LogP contribution >= 0.6 is 0 Å². The van der Waals surface area contributed by atoms with Crippen LogP contribution < -0.4 is 5.32 Å². The fourth-order valence-electron chi connectivity index (χ4n) is 4.05. The first-order valence-electron chi connectivity index (χ1n) is 10.6. The van der Waals surface area contributed by atoms with E-state index in [9.17, 15) is 9.90 Å². The molecule has 5 rings (SSSR count). The number of aromatic nitrogens is 3. The lowest BCUT2D eigenvalue weighted by molar-refractivity contribution is 0.0941. The molecule has 162 valence electrons. The fraction of sp³-hybridized carbons (Fsp3) is 0.0741. The number of carbonyl (C=O) groups excluding carboxylic acids is 1. The molecule has 0 aliphatic rings. The van der Waals surface area contributed by atoms with Crippen molar-refractivity contribution in [2.75, 3.05) is 0 Å². The number of carbonyl (C=O) groups is 1. The van der Waals surface area contributed by atoms with Crippen molar-refractivity contribution in [3.63, 3.8) is 0 Å². The molecule has 0 saturated carbocycles. The Balaban J connectivity index is 1.65. The van der Waals surface area contributed by atoms with Gasteiger partial charge in [0.25, 0.3) is 5.91 Å². The molecule has 0 aliphatic carbocycles. The van der Waals surface area contributed by atoms with Crippen molar-refractivity contribution < 1.29 is 9.90 Å². The summed E-state index contributed by atoms with van der Waals surface area (Å²) >= 11 is 0. The van der Waals surface area contributed by atoms with Gasteiger partial charge in [-0.2, -0.15) is 0 Å². The van der Waals surface area contributed by atoms with Crippen molar-refractivity contribution in [2.45, 2.75) is 6.04 Å². The van der Waals surface area contributed by atoms with Crippen LogP contribution in [0.15, 0.2) is 97.5 Å². The van der Waals surface area contributed by atoms with Crippen molar-refractivity contribution >= 4 is 16.8 Å². The van der Waals surface area contributed by atoms with Crippen molar-refractivity contribution in [3.05, 3.63) is 114 Å². The second-order valence-electron chi connectivity index (χ2n) is 7.81. The Hall–Kier alpha value is -4.45. The number of fused-ring (bicyclic) bond motifs is 1. The first kappa shape index (κ1) is 20.5. The highest BCUT2D eigenvalue weighted by Crippen LogP contribution is 2.36. The number of aryl methyl sites for hydroxylation is 1. The summed E-state index contributed by atoms with van der Waals surface area (Å²) < 4.78 is 1.87. The molecule has 0 aliphatic heterocycles. The maximum atomic E-state index is 13.7. The molecule has 0 bridgehead atoms. The third-order valence-corrected chi connectivity index (χ3v) is 5.70.